The van der Waals surface area contributed by atoms with E-state index in [1.807, 2.05) is 66.7 Å². The average Bonchev–Trinajstić information content (AvgIpc) is 2.70. The van der Waals surface area contributed by atoms with E-state index < -0.39 is 6.09 Å². The average molecular weight is 362 g/mol. The summed E-state index contributed by atoms with van der Waals surface area (Å²) in [4.78, 5) is 16.4. The lowest BCUT2D eigenvalue weighted by Crippen LogP contribution is -2.15. The molecule has 0 bridgehead atoms. The predicted octanol–water partition coefficient (Wildman–Crippen LogP) is 5.01. The summed E-state index contributed by atoms with van der Waals surface area (Å²) in [6, 6.07) is 23.4. The van der Waals surface area contributed by atoms with Crippen LogP contribution >= 0.6 is 0 Å². The minimum absolute atomic E-state index is 0.303. The van der Waals surface area contributed by atoms with E-state index in [0.29, 0.717) is 30.5 Å². The van der Waals surface area contributed by atoms with Gasteiger partial charge in [0.2, 0.25) is 0 Å². The number of amides is 1. The van der Waals surface area contributed by atoms with E-state index in [4.69, 9.17) is 4.74 Å². The Hall–Kier alpha value is -3.54. The lowest BCUT2D eigenvalue weighted by atomic mass is 10.2. The number of aromatic nitrogens is 1. The number of carbonyl (C=O) groups is 1. The van der Waals surface area contributed by atoms with Gasteiger partial charge in [-0.1, -0.05) is 48.5 Å². The predicted molar refractivity (Wildman–Crippen MR) is 108 cm³/mol. The van der Waals surface area contributed by atoms with Crippen molar-refractivity contribution in [1.82, 2.24) is 4.98 Å². The second kappa shape index (κ2) is 9.24. The molecule has 0 spiro atoms. The fraction of sp³-hybridized carbons (Fsp3) is 0.143. The number of nitrogens with zero attached hydrogens (tertiary/aromatic N) is 1. The summed E-state index contributed by atoms with van der Waals surface area (Å²) in [7, 11) is 0. The number of ether oxygens (including phenoxy) is 1. The molecule has 3 rings (SSSR count). The standard InChI is InChI=1S/C21H22N4O2/c1-2-27-21(26)24-18-13-14-19(22-15-16-9-5-3-6-10-16)25-20(18)23-17-11-7-4-8-12-17/h3-14H,2,15H2,1H3,(H,24,26)(H2,22,23,25). The Bertz CT molecular complexity index is 870. The molecule has 27 heavy (non-hydrogen) atoms. The zero-order chi connectivity index (χ0) is 18.9. The second-order valence-corrected chi connectivity index (χ2v) is 5.77. The molecule has 6 heteroatoms. The molecule has 3 aromatic rings. The molecule has 0 aliphatic carbocycles. The van der Waals surface area contributed by atoms with E-state index >= 15 is 0 Å². The van der Waals surface area contributed by atoms with Crippen LogP contribution in [0.2, 0.25) is 0 Å². The second-order valence-electron chi connectivity index (χ2n) is 5.77. The van der Waals surface area contributed by atoms with Crippen molar-refractivity contribution < 1.29 is 9.53 Å². The van der Waals surface area contributed by atoms with Crippen molar-refractivity contribution in [2.24, 2.45) is 0 Å². The van der Waals surface area contributed by atoms with Crippen LogP contribution in [0, 0.1) is 0 Å². The van der Waals surface area contributed by atoms with Crippen LogP contribution in [-0.4, -0.2) is 17.7 Å². The van der Waals surface area contributed by atoms with E-state index in [1.54, 1.807) is 13.0 Å². The molecule has 138 valence electrons. The summed E-state index contributed by atoms with van der Waals surface area (Å²) in [5, 5.41) is 9.25. The largest absolute Gasteiger partial charge is 0.450 e. The van der Waals surface area contributed by atoms with Crippen LogP contribution < -0.4 is 16.0 Å². The van der Waals surface area contributed by atoms with Crippen LogP contribution in [0.5, 0.6) is 0 Å². The highest BCUT2D eigenvalue weighted by atomic mass is 16.5. The molecule has 0 radical (unpaired) electrons. The summed E-state index contributed by atoms with van der Waals surface area (Å²) >= 11 is 0. The van der Waals surface area contributed by atoms with Crippen LogP contribution in [0.4, 0.5) is 27.8 Å². The maximum Gasteiger partial charge on any atom is 0.411 e. The highest BCUT2D eigenvalue weighted by Crippen LogP contribution is 2.26. The first-order valence-corrected chi connectivity index (χ1v) is 8.79. The Balaban J connectivity index is 1.79. The van der Waals surface area contributed by atoms with Crippen molar-refractivity contribution >= 4 is 29.1 Å². The number of pyridine rings is 1. The van der Waals surface area contributed by atoms with Crippen molar-refractivity contribution in [3.8, 4) is 0 Å². The zero-order valence-corrected chi connectivity index (χ0v) is 15.1. The molecular formula is C21H22N4O2. The monoisotopic (exact) mass is 362 g/mol. The number of nitrogens with one attached hydrogen (secondary N) is 3. The molecule has 2 aromatic carbocycles. The van der Waals surface area contributed by atoms with Crippen molar-refractivity contribution in [2.45, 2.75) is 13.5 Å². The van der Waals surface area contributed by atoms with Gasteiger partial charge < -0.3 is 15.4 Å². The van der Waals surface area contributed by atoms with Crippen molar-refractivity contribution in [3.05, 3.63) is 78.4 Å². The first-order chi connectivity index (χ1) is 13.2. The van der Waals surface area contributed by atoms with E-state index in [0.717, 1.165) is 11.3 Å². The topological polar surface area (TPSA) is 75.3 Å². The molecule has 6 nitrogen and oxygen atoms in total. The number of hydrogen-bond acceptors (Lipinski definition) is 5. The fourth-order valence-electron chi connectivity index (χ4n) is 2.48. The molecule has 0 aliphatic rings. The minimum atomic E-state index is -0.514. The molecule has 1 heterocycles. The maximum absolute atomic E-state index is 11.8. The molecule has 3 N–H and O–H groups in total. The summed E-state index contributed by atoms with van der Waals surface area (Å²) in [5.41, 5.74) is 2.57. The Morgan fingerprint density at radius 1 is 0.963 bits per heavy atom. The van der Waals surface area contributed by atoms with Gasteiger partial charge in [0, 0.05) is 12.2 Å². The van der Waals surface area contributed by atoms with Crippen LogP contribution in [0.3, 0.4) is 0 Å². The fourth-order valence-corrected chi connectivity index (χ4v) is 2.48. The first kappa shape index (κ1) is 18.3. The van der Waals surface area contributed by atoms with Crippen LogP contribution in [0.1, 0.15) is 12.5 Å². The van der Waals surface area contributed by atoms with Crippen molar-refractivity contribution in [2.75, 3.05) is 22.6 Å². The van der Waals surface area contributed by atoms with Crippen LogP contribution in [0.15, 0.2) is 72.8 Å². The number of carbonyl (C=O) groups excluding carboxylic acids is 1. The summed E-state index contributed by atoms with van der Waals surface area (Å²) in [5.74, 6) is 1.24. The van der Waals surface area contributed by atoms with E-state index in [2.05, 4.69) is 20.9 Å². The smallest absolute Gasteiger partial charge is 0.411 e. The Morgan fingerprint density at radius 3 is 2.37 bits per heavy atom. The van der Waals surface area contributed by atoms with Gasteiger partial charge in [0.05, 0.1) is 12.3 Å². The van der Waals surface area contributed by atoms with Crippen molar-refractivity contribution in [1.29, 1.82) is 0 Å². The quantitative estimate of drug-likeness (QED) is 0.551. The minimum Gasteiger partial charge on any atom is -0.450 e. The van der Waals surface area contributed by atoms with Crippen LogP contribution in [-0.2, 0) is 11.3 Å². The van der Waals surface area contributed by atoms with Gasteiger partial charge >= 0.3 is 6.09 Å². The SMILES string of the molecule is CCOC(=O)Nc1ccc(NCc2ccccc2)nc1Nc1ccccc1. The van der Waals surface area contributed by atoms with Gasteiger partial charge in [0.15, 0.2) is 5.82 Å². The number of para-hydroxylation sites is 1. The molecule has 0 fully saturated rings. The molecule has 0 aliphatic heterocycles. The molecule has 1 amide bonds. The normalized spacial score (nSPS) is 10.1. The van der Waals surface area contributed by atoms with E-state index in [9.17, 15) is 4.79 Å². The van der Waals surface area contributed by atoms with Crippen molar-refractivity contribution in [3.63, 3.8) is 0 Å². The number of anilines is 4. The van der Waals surface area contributed by atoms with Gasteiger partial charge in [-0.25, -0.2) is 9.78 Å². The lowest BCUT2D eigenvalue weighted by molar-refractivity contribution is 0.168. The van der Waals surface area contributed by atoms with Gasteiger partial charge in [-0.05, 0) is 36.8 Å². The third-order valence-electron chi connectivity index (χ3n) is 3.76. The number of rotatable bonds is 7. The van der Waals surface area contributed by atoms with E-state index in [-0.39, 0.29) is 0 Å². The van der Waals surface area contributed by atoms with Crippen LogP contribution in [0.25, 0.3) is 0 Å². The van der Waals surface area contributed by atoms with Gasteiger partial charge in [-0.15, -0.1) is 0 Å². The molecular weight excluding hydrogens is 340 g/mol. The molecule has 0 atom stereocenters. The Labute approximate surface area is 158 Å². The summed E-state index contributed by atoms with van der Waals surface area (Å²) < 4.78 is 4.97. The van der Waals surface area contributed by atoms with Gasteiger partial charge in [-0.2, -0.15) is 0 Å². The Kier molecular flexibility index (Phi) is 6.25. The third-order valence-corrected chi connectivity index (χ3v) is 3.76. The Morgan fingerprint density at radius 2 is 1.67 bits per heavy atom. The lowest BCUT2D eigenvalue weighted by Gasteiger charge is -2.14. The zero-order valence-electron chi connectivity index (χ0n) is 15.1. The van der Waals surface area contributed by atoms with Gasteiger partial charge in [0.25, 0.3) is 0 Å². The first-order valence-electron chi connectivity index (χ1n) is 8.79. The maximum atomic E-state index is 11.8. The van der Waals surface area contributed by atoms with Gasteiger partial charge in [0.1, 0.15) is 5.82 Å². The van der Waals surface area contributed by atoms with Gasteiger partial charge in [-0.3, -0.25) is 5.32 Å². The third kappa shape index (κ3) is 5.47. The highest BCUT2D eigenvalue weighted by molar-refractivity contribution is 5.89. The molecule has 0 unspecified atom stereocenters. The molecule has 0 saturated carbocycles. The number of benzene rings is 2. The summed E-state index contributed by atoms with van der Waals surface area (Å²) in [6.07, 6.45) is -0.514. The molecule has 1 aromatic heterocycles. The highest BCUT2D eigenvalue weighted by Gasteiger charge is 2.10. The summed E-state index contributed by atoms with van der Waals surface area (Å²) in [6.45, 7) is 2.72. The number of hydrogen-bond donors (Lipinski definition) is 3. The van der Waals surface area contributed by atoms with E-state index in [1.165, 1.54) is 0 Å². The molecule has 0 saturated heterocycles.